The Morgan fingerprint density at radius 3 is 2.57 bits per heavy atom. The summed E-state index contributed by atoms with van der Waals surface area (Å²) in [5.41, 5.74) is 6.25. The zero-order valence-electron chi connectivity index (χ0n) is 12.7. The number of nitriles is 2. The van der Waals surface area contributed by atoms with Gasteiger partial charge in [0.1, 0.15) is 29.1 Å². The van der Waals surface area contributed by atoms with Gasteiger partial charge in [-0.05, 0) is 23.8 Å². The normalized spacial score (nSPS) is 10.0. The van der Waals surface area contributed by atoms with E-state index in [1.54, 1.807) is 11.8 Å². The van der Waals surface area contributed by atoms with Crippen LogP contribution in [-0.2, 0) is 0 Å². The number of aromatic nitrogens is 1. The van der Waals surface area contributed by atoms with Crippen molar-refractivity contribution in [1.82, 2.24) is 4.98 Å². The molecule has 1 aromatic carbocycles. The average molecular weight is 324 g/mol. The SMILES string of the molecule is CCCCSc1ccccc1-c1c(C#N)c(N)[nH]c(=O)c1C#N. The summed E-state index contributed by atoms with van der Waals surface area (Å²) in [6, 6.07) is 11.4. The first-order chi connectivity index (χ1) is 11.1. The lowest BCUT2D eigenvalue weighted by Gasteiger charge is -2.13. The number of hydrogen-bond donors (Lipinski definition) is 2. The molecule has 2 aromatic rings. The summed E-state index contributed by atoms with van der Waals surface area (Å²) in [6.07, 6.45) is 2.15. The van der Waals surface area contributed by atoms with Crippen molar-refractivity contribution in [3.05, 3.63) is 45.7 Å². The monoisotopic (exact) mass is 324 g/mol. The number of nitrogen functional groups attached to an aromatic ring is 1. The van der Waals surface area contributed by atoms with Crippen LogP contribution in [0.15, 0.2) is 34.0 Å². The van der Waals surface area contributed by atoms with E-state index in [4.69, 9.17) is 5.73 Å². The fourth-order valence-corrected chi connectivity index (χ4v) is 3.39. The van der Waals surface area contributed by atoms with Crippen LogP contribution in [0, 0.1) is 22.7 Å². The minimum Gasteiger partial charge on any atom is -0.384 e. The van der Waals surface area contributed by atoms with Gasteiger partial charge < -0.3 is 10.7 Å². The second-order valence-electron chi connectivity index (χ2n) is 4.91. The van der Waals surface area contributed by atoms with Crippen molar-refractivity contribution in [2.24, 2.45) is 0 Å². The van der Waals surface area contributed by atoms with Gasteiger partial charge in [0, 0.05) is 10.5 Å². The lowest BCUT2D eigenvalue weighted by Crippen LogP contribution is -2.16. The number of hydrogen-bond acceptors (Lipinski definition) is 5. The highest BCUT2D eigenvalue weighted by Crippen LogP contribution is 2.35. The molecular formula is C17H16N4OS. The molecule has 5 nitrogen and oxygen atoms in total. The summed E-state index contributed by atoms with van der Waals surface area (Å²) in [4.78, 5) is 15.3. The van der Waals surface area contributed by atoms with E-state index in [0.29, 0.717) is 11.1 Å². The molecular weight excluding hydrogens is 308 g/mol. The molecule has 0 aliphatic carbocycles. The summed E-state index contributed by atoms with van der Waals surface area (Å²) in [5, 5.41) is 18.8. The summed E-state index contributed by atoms with van der Waals surface area (Å²) in [5.74, 6) is 0.913. The summed E-state index contributed by atoms with van der Waals surface area (Å²) < 4.78 is 0. The predicted octanol–water partition coefficient (Wildman–Crippen LogP) is 3.26. The number of unbranched alkanes of at least 4 members (excludes halogenated alkanes) is 1. The first kappa shape index (κ1) is 16.7. The van der Waals surface area contributed by atoms with Gasteiger partial charge in [-0.25, -0.2) is 0 Å². The van der Waals surface area contributed by atoms with E-state index in [1.807, 2.05) is 36.4 Å². The van der Waals surface area contributed by atoms with Crippen molar-refractivity contribution in [3.63, 3.8) is 0 Å². The lowest BCUT2D eigenvalue weighted by atomic mass is 9.97. The molecule has 0 aliphatic heterocycles. The van der Waals surface area contributed by atoms with Crippen LogP contribution in [0.3, 0.4) is 0 Å². The number of anilines is 1. The number of pyridine rings is 1. The number of rotatable bonds is 5. The Balaban J connectivity index is 2.70. The van der Waals surface area contributed by atoms with Crippen molar-refractivity contribution in [1.29, 1.82) is 10.5 Å². The number of nitrogens with zero attached hydrogens (tertiary/aromatic N) is 2. The van der Waals surface area contributed by atoms with Gasteiger partial charge in [0.25, 0.3) is 5.56 Å². The fourth-order valence-electron chi connectivity index (χ4n) is 2.24. The molecule has 0 fully saturated rings. The largest absolute Gasteiger partial charge is 0.384 e. The first-order valence-electron chi connectivity index (χ1n) is 7.22. The van der Waals surface area contributed by atoms with Gasteiger partial charge in [-0.1, -0.05) is 31.5 Å². The quantitative estimate of drug-likeness (QED) is 0.648. The Hall–Kier alpha value is -2.70. The van der Waals surface area contributed by atoms with Crippen LogP contribution in [0.5, 0.6) is 0 Å². The summed E-state index contributed by atoms with van der Waals surface area (Å²) >= 11 is 1.64. The van der Waals surface area contributed by atoms with Crippen molar-refractivity contribution in [2.75, 3.05) is 11.5 Å². The lowest BCUT2D eigenvalue weighted by molar-refractivity contribution is 0.896. The van der Waals surface area contributed by atoms with E-state index in [-0.39, 0.29) is 16.9 Å². The number of benzene rings is 1. The third-order valence-corrected chi connectivity index (χ3v) is 4.54. The third-order valence-electron chi connectivity index (χ3n) is 3.38. The molecule has 2 rings (SSSR count). The Morgan fingerprint density at radius 1 is 1.22 bits per heavy atom. The van der Waals surface area contributed by atoms with Crippen LogP contribution >= 0.6 is 11.8 Å². The van der Waals surface area contributed by atoms with Crippen molar-refractivity contribution < 1.29 is 0 Å². The van der Waals surface area contributed by atoms with Gasteiger partial charge in [-0.2, -0.15) is 10.5 Å². The highest BCUT2D eigenvalue weighted by molar-refractivity contribution is 7.99. The number of thioether (sulfide) groups is 1. The molecule has 0 unspecified atom stereocenters. The van der Waals surface area contributed by atoms with E-state index in [1.165, 1.54) is 0 Å². The van der Waals surface area contributed by atoms with E-state index in [2.05, 4.69) is 11.9 Å². The maximum atomic E-state index is 12.0. The van der Waals surface area contributed by atoms with E-state index >= 15 is 0 Å². The molecule has 116 valence electrons. The number of nitrogens with one attached hydrogen (secondary N) is 1. The van der Waals surface area contributed by atoms with Crippen LogP contribution < -0.4 is 11.3 Å². The second-order valence-corrected chi connectivity index (χ2v) is 6.05. The molecule has 3 N–H and O–H groups in total. The highest BCUT2D eigenvalue weighted by atomic mass is 32.2. The van der Waals surface area contributed by atoms with E-state index in [0.717, 1.165) is 23.5 Å². The van der Waals surface area contributed by atoms with Gasteiger partial charge in [-0.15, -0.1) is 11.8 Å². The van der Waals surface area contributed by atoms with Gasteiger partial charge >= 0.3 is 0 Å². The molecule has 23 heavy (non-hydrogen) atoms. The predicted molar refractivity (Wildman–Crippen MR) is 92.0 cm³/mol. The zero-order chi connectivity index (χ0) is 16.8. The van der Waals surface area contributed by atoms with Gasteiger partial charge in [-0.3, -0.25) is 4.79 Å². The molecule has 0 saturated heterocycles. The van der Waals surface area contributed by atoms with Gasteiger partial charge in [0.15, 0.2) is 0 Å². The molecule has 0 radical (unpaired) electrons. The van der Waals surface area contributed by atoms with Crippen LogP contribution in [-0.4, -0.2) is 10.7 Å². The van der Waals surface area contributed by atoms with Crippen molar-refractivity contribution in [2.45, 2.75) is 24.7 Å². The molecule has 6 heteroatoms. The van der Waals surface area contributed by atoms with Gasteiger partial charge in [0.05, 0.1) is 0 Å². The summed E-state index contributed by atoms with van der Waals surface area (Å²) in [7, 11) is 0. The second kappa shape index (κ2) is 7.53. The molecule has 0 atom stereocenters. The maximum absolute atomic E-state index is 12.0. The van der Waals surface area contributed by atoms with Crippen LogP contribution in [0.2, 0.25) is 0 Å². The van der Waals surface area contributed by atoms with Crippen molar-refractivity contribution >= 4 is 17.6 Å². The standard InChI is InChI=1S/C17H16N4OS/c1-2-3-8-23-14-7-5-4-6-11(14)15-12(9-18)16(20)21-17(22)13(15)10-19/h4-7H,2-3,8H2,1H3,(H3,20,21,22). The van der Waals surface area contributed by atoms with Gasteiger partial charge in [0.2, 0.25) is 0 Å². The zero-order valence-corrected chi connectivity index (χ0v) is 13.5. The molecule has 1 aromatic heterocycles. The Kier molecular flexibility index (Phi) is 5.46. The Labute approximate surface area is 138 Å². The number of nitrogens with two attached hydrogens (primary N) is 1. The Morgan fingerprint density at radius 2 is 1.91 bits per heavy atom. The van der Waals surface area contributed by atoms with Crippen molar-refractivity contribution in [3.8, 4) is 23.3 Å². The Bertz CT molecular complexity index is 858. The molecule has 1 heterocycles. The molecule has 0 aliphatic rings. The molecule has 0 bridgehead atoms. The van der Waals surface area contributed by atoms with Crippen LogP contribution in [0.25, 0.3) is 11.1 Å². The first-order valence-corrected chi connectivity index (χ1v) is 8.20. The molecule has 0 saturated carbocycles. The smallest absolute Gasteiger partial charge is 0.268 e. The summed E-state index contributed by atoms with van der Waals surface area (Å²) in [6.45, 7) is 2.12. The number of aromatic amines is 1. The molecule has 0 spiro atoms. The topological polar surface area (TPSA) is 106 Å². The molecule has 0 amide bonds. The maximum Gasteiger partial charge on any atom is 0.268 e. The van der Waals surface area contributed by atoms with Crippen LogP contribution in [0.1, 0.15) is 30.9 Å². The van der Waals surface area contributed by atoms with Crippen LogP contribution in [0.4, 0.5) is 5.82 Å². The fraction of sp³-hybridized carbons (Fsp3) is 0.235. The third kappa shape index (κ3) is 3.39. The highest BCUT2D eigenvalue weighted by Gasteiger charge is 2.20. The van der Waals surface area contributed by atoms with E-state index in [9.17, 15) is 15.3 Å². The average Bonchev–Trinajstić information content (AvgIpc) is 2.55. The number of H-pyrrole nitrogens is 1. The minimum atomic E-state index is -0.577. The van der Waals surface area contributed by atoms with E-state index < -0.39 is 5.56 Å². The minimum absolute atomic E-state index is 0.0140.